The fourth-order valence-corrected chi connectivity index (χ4v) is 6.45. The largest absolute Gasteiger partial charge is 0.482 e. The summed E-state index contributed by atoms with van der Waals surface area (Å²) < 4.78 is 34.6. The lowest BCUT2D eigenvalue weighted by atomic mass is 9.85. The first kappa shape index (κ1) is 27.6. The van der Waals surface area contributed by atoms with Crippen LogP contribution in [-0.4, -0.2) is 67.2 Å². The van der Waals surface area contributed by atoms with Crippen LogP contribution in [0.1, 0.15) is 48.8 Å². The number of anilines is 1. The number of likely N-dealkylation sites (tertiary alicyclic amines) is 1. The van der Waals surface area contributed by atoms with Gasteiger partial charge >= 0.3 is 0 Å². The standard InChI is InChI=1S/C30H27ClF2N8O2/c1-17-22(11-34)28(18-2-3-24-25(8-18)43-16-27(42)40(24)15-26-35-12-19(31)13-36-26)23-14-37-41(29(23)38-17)20-4-6-39(7-5-20)21-9-30(32,33)10-21/h2-3,8,12-14,20-21H,4-7,9-10,15-16H2,1H3. The smallest absolute Gasteiger partial charge is 0.265 e. The summed E-state index contributed by atoms with van der Waals surface area (Å²) in [5, 5.41) is 16.0. The highest BCUT2D eigenvalue weighted by Crippen LogP contribution is 2.43. The number of ether oxygens (including phenoxy) is 1. The van der Waals surface area contributed by atoms with E-state index in [1.807, 2.05) is 16.8 Å². The van der Waals surface area contributed by atoms with Crippen LogP contribution in [0.2, 0.25) is 5.02 Å². The lowest BCUT2D eigenvalue weighted by Gasteiger charge is -2.45. The zero-order valence-corrected chi connectivity index (χ0v) is 24.1. The molecule has 2 fully saturated rings. The van der Waals surface area contributed by atoms with Crippen molar-refractivity contribution in [2.45, 2.75) is 57.2 Å². The zero-order chi connectivity index (χ0) is 29.9. The zero-order valence-electron chi connectivity index (χ0n) is 23.3. The van der Waals surface area contributed by atoms with Crippen molar-refractivity contribution < 1.29 is 18.3 Å². The predicted molar refractivity (Wildman–Crippen MR) is 154 cm³/mol. The SMILES string of the molecule is Cc1nc2c(cnn2C2CCN(C3CC(F)(F)C3)CC2)c(-c2ccc3c(c2)OCC(=O)N3Cc2ncc(Cl)cn2)c1C#N. The normalized spacial score (nSPS) is 19.1. The van der Waals surface area contributed by atoms with Crippen molar-refractivity contribution >= 4 is 34.2 Å². The maximum Gasteiger partial charge on any atom is 0.265 e. The molecule has 4 aromatic rings. The molecule has 1 saturated heterocycles. The summed E-state index contributed by atoms with van der Waals surface area (Å²) in [6.07, 6.45) is 6.15. The Morgan fingerprint density at radius 2 is 1.88 bits per heavy atom. The van der Waals surface area contributed by atoms with E-state index in [1.54, 1.807) is 24.1 Å². The molecule has 0 bridgehead atoms. The fraction of sp³-hybridized carbons (Fsp3) is 0.400. The van der Waals surface area contributed by atoms with Crippen molar-refractivity contribution in [1.82, 2.24) is 29.6 Å². The van der Waals surface area contributed by atoms with Gasteiger partial charge in [-0.3, -0.25) is 14.6 Å². The number of nitrogens with zero attached hydrogens (tertiary/aromatic N) is 8. The summed E-state index contributed by atoms with van der Waals surface area (Å²) in [5.41, 5.74) is 3.70. The summed E-state index contributed by atoms with van der Waals surface area (Å²) in [6, 6.07) is 7.82. The number of aryl methyl sites for hydroxylation is 1. The van der Waals surface area contributed by atoms with Gasteiger partial charge in [0.1, 0.15) is 17.6 Å². The van der Waals surface area contributed by atoms with Gasteiger partial charge in [-0.25, -0.2) is 28.4 Å². The molecule has 5 heterocycles. The van der Waals surface area contributed by atoms with Crippen molar-refractivity contribution in [2.24, 2.45) is 0 Å². The van der Waals surface area contributed by atoms with Crippen LogP contribution in [0.3, 0.4) is 0 Å². The van der Waals surface area contributed by atoms with Gasteiger partial charge in [-0.15, -0.1) is 0 Å². The second kappa shape index (κ2) is 10.5. The van der Waals surface area contributed by atoms with E-state index in [1.165, 1.54) is 12.4 Å². The summed E-state index contributed by atoms with van der Waals surface area (Å²) in [7, 11) is 0. The maximum absolute atomic E-state index is 13.4. The lowest BCUT2D eigenvalue weighted by Crippen LogP contribution is -2.53. The number of benzene rings is 1. The van der Waals surface area contributed by atoms with Crippen molar-refractivity contribution in [1.29, 1.82) is 5.26 Å². The first-order valence-electron chi connectivity index (χ1n) is 14.1. The minimum atomic E-state index is -2.53. The van der Waals surface area contributed by atoms with E-state index < -0.39 is 5.92 Å². The molecule has 1 saturated carbocycles. The second-order valence-corrected chi connectivity index (χ2v) is 11.8. The predicted octanol–water partition coefficient (Wildman–Crippen LogP) is 5.08. The highest BCUT2D eigenvalue weighted by molar-refractivity contribution is 6.30. The average molecular weight is 605 g/mol. The number of pyridine rings is 1. The first-order valence-corrected chi connectivity index (χ1v) is 14.5. The van der Waals surface area contributed by atoms with E-state index in [0.717, 1.165) is 36.9 Å². The molecule has 0 unspecified atom stereocenters. The molecule has 7 rings (SSSR count). The number of piperidine rings is 1. The summed E-state index contributed by atoms with van der Waals surface area (Å²) >= 11 is 5.91. The Hall–Kier alpha value is -4.21. The summed E-state index contributed by atoms with van der Waals surface area (Å²) in [6.45, 7) is 3.28. The molecule has 2 aliphatic heterocycles. The minimum Gasteiger partial charge on any atom is -0.482 e. The van der Waals surface area contributed by atoms with E-state index in [2.05, 4.69) is 20.9 Å². The molecule has 0 N–H and O–H groups in total. The van der Waals surface area contributed by atoms with Gasteiger partial charge in [0.2, 0.25) is 0 Å². The Bertz CT molecular complexity index is 1770. The number of amides is 1. The molecule has 43 heavy (non-hydrogen) atoms. The molecule has 0 atom stereocenters. The van der Waals surface area contributed by atoms with Crippen molar-refractivity contribution in [3.8, 4) is 22.9 Å². The molecule has 0 radical (unpaired) electrons. The fourth-order valence-electron chi connectivity index (χ4n) is 6.36. The van der Waals surface area contributed by atoms with Crippen LogP contribution in [0.5, 0.6) is 5.75 Å². The number of alkyl halides is 2. The average Bonchev–Trinajstić information content (AvgIpc) is 3.40. The van der Waals surface area contributed by atoms with E-state index in [4.69, 9.17) is 26.4 Å². The molecule has 0 spiro atoms. The number of aromatic nitrogens is 5. The third-order valence-corrected chi connectivity index (χ3v) is 8.83. The molecular weight excluding hydrogens is 578 g/mol. The molecule has 220 valence electrons. The van der Waals surface area contributed by atoms with Gasteiger partial charge in [-0.1, -0.05) is 17.7 Å². The van der Waals surface area contributed by atoms with E-state index in [9.17, 15) is 18.8 Å². The van der Waals surface area contributed by atoms with Crippen molar-refractivity contribution in [3.05, 3.63) is 58.9 Å². The number of hydrogen-bond donors (Lipinski definition) is 0. The summed E-state index contributed by atoms with van der Waals surface area (Å²) in [4.78, 5) is 29.7. The number of hydrogen-bond acceptors (Lipinski definition) is 8. The van der Waals surface area contributed by atoms with Crippen LogP contribution in [0, 0.1) is 18.3 Å². The number of rotatable bonds is 5. The van der Waals surface area contributed by atoms with Crippen LogP contribution in [0.15, 0.2) is 36.8 Å². The van der Waals surface area contributed by atoms with Gasteiger partial charge in [-0.2, -0.15) is 10.4 Å². The van der Waals surface area contributed by atoms with E-state index in [0.29, 0.717) is 44.8 Å². The Morgan fingerprint density at radius 1 is 1.14 bits per heavy atom. The van der Waals surface area contributed by atoms with Crippen LogP contribution in [0.4, 0.5) is 14.5 Å². The van der Waals surface area contributed by atoms with Gasteiger partial charge in [0, 0.05) is 55.3 Å². The van der Waals surface area contributed by atoms with Gasteiger partial charge < -0.3 is 4.74 Å². The van der Waals surface area contributed by atoms with Crippen LogP contribution in [-0.2, 0) is 11.3 Å². The number of fused-ring (bicyclic) bond motifs is 2. The Labute approximate surface area is 250 Å². The molecule has 1 aromatic carbocycles. The Kier molecular flexibility index (Phi) is 6.74. The number of halogens is 3. The minimum absolute atomic E-state index is 0.0494. The molecule has 1 aliphatic carbocycles. The third kappa shape index (κ3) is 4.96. The number of carbonyl (C=O) groups excluding carboxylic acids is 1. The molecule has 3 aromatic heterocycles. The molecule has 1 amide bonds. The van der Waals surface area contributed by atoms with Crippen molar-refractivity contribution in [3.63, 3.8) is 0 Å². The van der Waals surface area contributed by atoms with Crippen molar-refractivity contribution in [2.75, 3.05) is 24.6 Å². The highest BCUT2D eigenvalue weighted by Gasteiger charge is 2.48. The van der Waals surface area contributed by atoms with E-state index in [-0.39, 0.29) is 44.0 Å². The molecular formula is C30H27ClF2N8O2. The van der Waals surface area contributed by atoms with Gasteiger partial charge in [-0.05, 0) is 37.5 Å². The molecule has 3 aliphatic rings. The van der Waals surface area contributed by atoms with Crippen LogP contribution in [0.25, 0.3) is 22.2 Å². The highest BCUT2D eigenvalue weighted by atomic mass is 35.5. The summed E-state index contributed by atoms with van der Waals surface area (Å²) in [5.74, 6) is -1.82. The van der Waals surface area contributed by atoms with Crippen LogP contribution < -0.4 is 9.64 Å². The molecule has 13 heteroatoms. The Morgan fingerprint density at radius 3 is 2.58 bits per heavy atom. The lowest BCUT2D eigenvalue weighted by molar-refractivity contribution is -0.128. The Balaban J connectivity index is 1.20. The van der Waals surface area contributed by atoms with E-state index >= 15 is 0 Å². The maximum atomic E-state index is 13.4. The van der Waals surface area contributed by atoms with Gasteiger partial charge in [0.05, 0.1) is 40.8 Å². The number of nitriles is 1. The topological polar surface area (TPSA) is 113 Å². The monoisotopic (exact) mass is 604 g/mol. The third-order valence-electron chi connectivity index (χ3n) is 8.63. The number of carbonyl (C=O) groups is 1. The second-order valence-electron chi connectivity index (χ2n) is 11.3. The quantitative estimate of drug-likeness (QED) is 0.310. The first-order chi connectivity index (χ1) is 20.7. The molecule has 10 nitrogen and oxygen atoms in total. The van der Waals surface area contributed by atoms with Crippen LogP contribution >= 0.6 is 11.6 Å². The van der Waals surface area contributed by atoms with Gasteiger partial charge in [0.25, 0.3) is 11.8 Å². The van der Waals surface area contributed by atoms with Gasteiger partial charge in [0.15, 0.2) is 12.3 Å².